The third-order valence-corrected chi connectivity index (χ3v) is 4.69. The summed E-state index contributed by atoms with van der Waals surface area (Å²) < 4.78 is 17.0. The zero-order valence-electron chi connectivity index (χ0n) is 9.56. The van der Waals surface area contributed by atoms with Crippen molar-refractivity contribution in [3.05, 3.63) is 30.3 Å². The van der Waals surface area contributed by atoms with Crippen LogP contribution in [-0.2, 0) is 9.73 Å². The van der Waals surface area contributed by atoms with Crippen molar-refractivity contribution in [2.75, 3.05) is 19.3 Å². The highest BCUT2D eigenvalue weighted by atomic mass is 32.2. The second-order valence-electron chi connectivity index (χ2n) is 4.20. The lowest BCUT2D eigenvalue weighted by Gasteiger charge is -2.20. The van der Waals surface area contributed by atoms with Crippen LogP contribution in [0.1, 0.15) is 12.8 Å². The summed E-state index contributed by atoms with van der Waals surface area (Å²) in [6.07, 6.45) is 3.74. The fraction of sp³-hybridized carbons (Fsp3) is 0.500. The van der Waals surface area contributed by atoms with Crippen LogP contribution in [0, 0.1) is 0 Å². The topological polar surface area (TPSA) is 41.5 Å². The second kappa shape index (κ2) is 4.97. The lowest BCUT2D eigenvalue weighted by atomic mass is 10.1. The number of nitrogens with one attached hydrogen (secondary N) is 1. The molecule has 16 heavy (non-hydrogen) atoms. The third-order valence-electron chi connectivity index (χ3n) is 2.84. The normalized spacial score (nSPS) is 21.3. The molecular weight excluding hydrogens is 220 g/mol. The van der Waals surface area contributed by atoms with E-state index in [2.05, 4.69) is 9.68 Å². The Bertz CT molecular complexity index is 443. The molecule has 0 unspecified atom stereocenters. The van der Waals surface area contributed by atoms with Gasteiger partial charge in [-0.05, 0) is 38.1 Å². The van der Waals surface area contributed by atoms with Crippen LogP contribution < -0.4 is 5.32 Å². The number of rotatable bonds is 2. The lowest BCUT2D eigenvalue weighted by Crippen LogP contribution is -2.30. The zero-order chi connectivity index (χ0) is 11.4. The van der Waals surface area contributed by atoms with Crippen molar-refractivity contribution < 1.29 is 4.21 Å². The standard InChI is InChI=1S/C12H18N2OS/c1-16(15,12-5-3-2-4-6-12)14-11-7-9-13-10-8-11/h2-6,11,13H,7-10H2,1H3/t16-/m0/s1. The fourth-order valence-electron chi connectivity index (χ4n) is 1.93. The van der Waals surface area contributed by atoms with Gasteiger partial charge in [0.1, 0.15) is 0 Å². The predicted molar refractivity (Wildman–Crippen MR) is 67.1 cm³/mol. The van der Waals surface area contributed by atoms with Gasteiger partial charge in [0.05, 0.1) is 15.8 Å². The summed E-state index contributed by atoms with van der Waals surface area (Å²) in [6.45, 7) is 1.97. The SMILES string of the molecule is C[S@@](=O)(=NC1CCNCC1)c1ccccc1. The van der Waals surface area contributed by atoms with E-state index >= 15 is 0 Å². The summed E-state index contributed by atoms with van der Waals surface area (Å²) >= 11 is 0. The molecule has 1 atom stereocenters. The van der Waals surface area contributed by atoms with Crippen LogP contribution >= 0.6 is 0 Å². The Labute approximate surface area is 97.4 Å². The zero-order valence-corrected chi connectivity index (χ0v) is 10.4. The Morgan fingerprint density at radius 2 is 1.88 bits per heavy atom. The first-order valence-electron chi connectivity index (χ1n) is 5.65. The van der Waals surface area contributed by atoms with Crippen molar-refractivity contribution in [3.63, 3.8) is 0 Å². The van der Waals surface area contributed by atoms with Gasteiger partial charge in [-0.2, -0.15) is 0 Å². The quantitative estimate of drug-likeness (QED) is 0.855. The predicted octanol–water partition coefficient (Wildman–Crippen LogP) is 1.90. The molecule has 1 aliphatic heterocycles. The van der Waals surface area contributed by atoms with Crippen LogP contribution in [-0.4, -0.2) is 29.6 Å². The number of hydrogen-bond acceptors (Lipinski definition) is 3. The van der Waals surface area contributed by atoms with E-state index in [0.717, 1.165) is 30.8 Å². The maximum Gasteiger partial charge on any atom is 0.0725 e. The van der Waals surface area contributed by atoms with E-state index in [-0.39, 0.29) is 6.04 Å². The minimum absolute atomic E-state index is 0.249. The molecule has 0 amide bonds. The van der Waals surface area contributed by atoms with Crippen molar-refractivity contribution in [2.45, 2.75) is 23.8 Å². The van der Waals surface area contributed by atoms with Crippen LogP contribution in [0.25, 0.3) is 0 Å². The second-order valence-corrected chi connectivity index (χ2v) is 6.49. The molecule has 0 saturated carbocycles. The molecule has 0 spiro atoms. The molecule has 0 aliphatic carbocycles. The first-order valence-corrected chi connectivity index (χ1v) is 7.58. The molecule has 0 aromatic heterocycles. The highest BCUT2D eigenvalue weighted by molar-refractivity contribution is 7.93. The van der Waals surface area contributed by atoms with E-state index in [0.29, 0.717) is 0 Å². The highest BCUT2D eigenvalue weighted by Crippen LogP contribution is 2.16. The smallest absolute Gasteiger partial charge is 0.0725 e. The van der Waals surface area contributed by atoms with Crippen LogP contribution in [0.2, 0.25) is 0 Å². The molecular formula is C12H18N2OS. The van der Waals surface area contributed by atoms with Crippen molar-refractivity contribution in [2.24, 2.45) is 4.36 Å². The Hall–Kier alpha value is -0.870. The molecule has 1 aliphatic rings. The molecule has 88 valence electrons. The summed E-state index contributed by atoms with van der Waals surface area (Å²) in [5, 5.41) is 3.29. The summed E-state index contributed by atoms with van der Waals surface area (Å²) in [5.74, 6) is 0. The van der Waals surface area contributed by atoms with Crippen LogP contribution in [0.3, 0.4) is 0 Å². The molecule has 1 fully saturated rings. The molecule has 1 aromatic rings. The van der Waals surface area contributed by atoms with Gasteiger partial charge in [-0.3, -0.25) is 0 Å². The Morgan fingerprint density at radius 1 is 1.25 bits per heavy atom. The van der Waals surface area contributed by atoms with Gasteiger partial charge in [0.25, 0.3) is 0 Å². The van der Waals surface area contributed by atoms with Gasteiger partial charge in [-0.25, -0.2) is 8.57 Å². The summed E-state index contributed by atoms with van der Waals surface area (Å²) in [6, 6.07) is 9.80. The number of benzene rings is 1. The minimum Gasteiger partial charge on any atom is -0.317 e. The maximum atomic E-state index is 12.5. The van der Waals surface area contributed by atoms with E-state index in [4.69, 9.17) is 0 Å². The molecule has 4 heteroatoms. The summed E-state index contributed by atoms with van der Waals surface area (Å²) in [4.78, 5) is 0.841. The van der Waals surface area contributed by atoms with Crippen molar-refractivity contribution in [3.8, 4) is 0 Å². The molecule has 0 radical (unpaired) electrons. The third kappa shape index (κ3) is 2.83. The van der Waals surface area contributed by atoms with Crippen LogP contribution in [0.15, 0.2) is 39.6 Å². The molecule has 1 aromatic carbocycles. The first kappa shape index (κ1) is 11.6. The van der Waals surface area contributed by atoms with E-state index in [1.54, 1.807) is 6.26 Å². The van der Waals surface area contributed by atoms with Gasteiger partial charge >= 0.3 is 0 Å². The van der Waals surface area contributed by atoms with Crippen LogP contribution in [0.5, 0.6) is 0 Å². The van der Waals surface area contributed by atoms with E-state index < -0.39 is 9.73 Å². The number of hydrogen-bond donors (Lipinski definition) is 1. The van der Waals surface area contributed by atoms with E-state index in [1.165, 1.54) is 0 Å². The van der Waals surface area contributed by atoms with Gasteiger partial charge in [0, 0.05) is 11.2 Å². The average molecular weight is 238 g/mol. The molecule has 3 nitrogen and oxygen atoms in total. The highest BCUT2D eigenvalue weighted by Gasteiger charge is 2.14. The van der Waals surface area contributed by atoms with Crippen molar-refractivity contribution in [1.82, 2.24) is 5.32 Å². The average Bonchev–Trinajstić information content (AvgIpc) is 2.31. The van der Waals surface area contributed by atoms with Gasteiger partial charge in [0.2, 0.25) is 0 Å². The van der Waals surface area contributed by atoms with Crippen molar-refractivity contribution in [1.29, 1.82) is 0 Å². The first-order chi connectivity index (χ1) is 7.68. The van der Waals surface area contributed by atoms with Crippen LogP contribution in [0.4, 0.5) is 0 Å². The van der Waals surface area contributed by atoms with Gasteiger partial charge < -0.3 is 5.32 Å². The Kier molecular flexibility index (Phi) is 3.61. The maximum absolute atomic E-state index is 12.5. The van der Waals surface area contributed by atoms with Gasteiger partial charge in [-0.15, -0.1) is 0 Å². The minimum atomic E-state index is -2.21. The number of nitrogens with zero attached hydrogens (tertiary/aromatic N) is 1. The summed E-state index contributed by atoms with van der Waals surface area (Å²) in [7, 11) is -2.21. The fourth-order valence-corrected chi connectivity index (χ4v) is 3.49. The molecule has 0 bridgehead atoms. The number of piperidine rings is 1. The van der Waals surface area contributed by atoms with Gasteiger partial charge in [0.15, 0.2) is 0 Å². The molecule has 1 N–H and O–H groups in total. The summed E-state index contributed by atoms with van der Waals surface area (Å²) in [5.41, 5.74) is 0. The molecule has 1 heterocycles. The molecule has 1 saturated heterocycles. The largest absolute Gasteiger partial charge is 0.317 e. The van der Waals surface area contributed by atoms with Crippen molar-refractivity contribution >= 4 is 9.73 Å². The van der Waals surface area contributed by atoms with Gasteiger partial charge in [-0.1, -0.05) is 18.2 Å². The van der Waals surface area contributed by atoms with E-state index in [1.807, 2.05) is 30.3 Å². The van der Waals surface area contributed by atoms with E-state index in [9.17, 15) is 4.21 Å². The molecule has 2 rings (SSSR count). The Morgan fingerprint density at radius 3 is 2.50 bits per heavy atom. The Balaban J connectivity index is 2.24. The monoisotopic (exact) mass is 238 g/mol. The lowest BCUT2D eigenvalue weighted by molar-refractivity contribution is 0.461.